The van der Waals surface area contributed by atoms with Crippen molar-refractivity contribution in [3.63, 3.8) is 0 Å². The van der Waals surface area contributed by atoms with Crippen LogP contribution in [0.3, 0.4) is 0 Å². The molecule has 1 aliphatic rings. The molecule has 2 aromatic heterocycles. The largest absolute Gasteiger partial charge is 0.316 e. The van der Waals surface area contributed by atoms with Crippen molar-refractivity contribution >= 4 is 45.5 Å². The predicted molar refractivity (Wildman–Crippen MR) is 110 cm³/mol. The number of halogens is 1. The van der Waals surface area contributed by atoms with Crippen LogP contribution in [0.15, 0.2) is 41.9 Å². The molecule has 0 atom stereocenters. The number of rotatable bonds is 4. The molecule has 1 amide bonds. The van der Waals surface area contributed by atoms with Crippen molar-refractivity contribution in [2.75, 3.05) is 16.8 Å². The van der Waals surface area contributed by atoms with Gasteiger partial charge in [0.05, 0.1) is 17.1 Å². The number of anilines is 3. The summed E-state index contributed by atoms with van der Waals surface area (Å²) < 4.78 is 0. The van der Waals surface area contributed by atoms with Crippen molar-refractivity contribution in [2.45, 2.75) is 26.2 Å². The molecule has 1 aromatic carbocycles. The van der Waals surface area contributed by atoms with Gasteiger partial charge in [-0.25, -0.2) is 9.97 Å². The molecule has 0 unspecified atom stereocenters. The molecule has 4 rings (SSSR count). The second-order valence-corrected chi connectivity index (χ2v) is 7.88. The van der Waals surface area contributed by atoms with Crippen LogP contribution in [0.5, 0.6) is 0 Å². The molecule has 7 heteroatoms. The Morgan fingerprint density at radius 2 is 2.22 bits per heavy atom. The van der Waals surface area contributed by atoms with Gasteiger partial charge in [0.1, 0.15) is 5.82 Å². The first-order valence-electron chi connectivity index (χ1n) is 8.81. The number of carbonyl (C=O) groups is 1. The summed E-state index contributed by atoms with van der Waals surface area (Å²) in [6, 6.07) is 9.86. The van der Waals surface area contributed by atoms with Crippen LogP contribution in [0.2, 0.25) is 5.02 Å². The lowest BCUT2D eigenvalue weighted by Crippen LogP contribution is -2.36. The number of benzene rings is 1. The van der Waals surface area contributed by atoms with Gasteiger partial charge < -0.3 is 10.2 Å². The summed E-state index contributed by atoms with van der Waals surface area (Å²) in [4.78, 5) is 23.5. The van der Waals surface area contributed by atoms with Gasteiger partial charge >= 0.3 is 0 Å². The third-order valence-corrected chi connectivity index (χ3v) is 5.53. The van der Waals surface area contributed by atoms with Crippen LogP contribution < -0.4 is 10.2 Å². The van der Waals surface area contributed by atoms with Gasteiger partial charge in [-0.1, -0.05) is 29.3 Å². The number of nitrogens with zero attached hydrogens (tertiary/aromatic N) is 3. The van der Waals surface area contributed by atoms with Crippen molar-refractivity contribution in [2.24, 2.45) is 0 Å². The SMILES string of the molecule is Cc1ccc2c(c1)CCCN2C(=O)Cc1csc(Nc2ccc(Cl)cn2)n1. The zero-order chi connectivity index (χ0) is 18.8. The molecule has 0 spiro atoms. The van der Waals surface area contributed by atoms with E-state index in [4.69, 9.17) is 11.6 Å². The standard InChI is InChI=1S/C20H19ClN4OS/c1-13-4-6-17-14(9-13)3-2-8-25(17)19(26)10-16-12-27-20(23-16)24-18-7-5-15(21)11-22-18/h4-7,9,11-12H,2-3,8,10H2,1H3,(H,22,23,24). The first-order valence-corrected chi connectivity index (χ1v) is 10.1. The van der Waals surface area contributed by atoms with Gasteiger partial charge in [0.15, 0.2) is 5.13 Å². The van der Waals surface area contributed by atoms with E-state index in [2.05, 4.69) is 40.4 Å². The molecule has 3 heterocycles. The maximum atomic E-state index is 12.9. The summed E-state index contributed by atoms with van der Waals surface area (Å²) in [6.45, 7) is 2.85. The van der Waals surface area contributed by atoms with E-state index in [1.807, 2.05) is 10.3 Å². The molecule has 0 aliphatic carbocycles. The molecule has 5 nitrogen and oxygen atoms in total. The predicted octanol–water partition coefficient (Wildman–Crippen LogP) is 4.77. The summed E-state index contributed by atoms with van der Waals surface area (Å²) in [7, 11) is 0. The van der Waals surface area contributed by atoms with Crippen molar-refractivity contribution in [3.8, 4) is 0 Å². The minimum absolute atomic E-state index is 0.0845. The average molecular weight is 399 g/mol. The second kappa shape index (κ2) is 7.66. The van der Waals surface area contributed by atoms with E-state index in [1.165, 1.54) is 22.5 Å². The van der Waals surface area contributed by atoms with Crippen molar-refractivity contribution in [1.82, 2.24) is 9.97 Å². The fourth-order valence-corrected chi connectivity index (χ4v) is 4.07. The molecule has 27 heavy (non-hydrogen) atoms. The van der Waals surface area contributed by atoms with Crippen molar-refractivity contribution in [1.29, 1.82) is 0 Å². The Bertz CT molecular complexity index is 970. The molecular weight excluding hydrogens is 380 g/mol. The smallest absolute Gasteiger partial charge is 0.233 e. The molecule has 0 fully saturated rings. The van der Waals surface area contributed by atoms with Crippen LogP contribution >= 0.6 is 22.9 Å². The number of nitrogens with one attached hydrogen (secondary N) is 1. The van der Waals surface area contributed by atoms with Crippen molar-refractivity contribution in [3.05, 3.63) is 63.8 Å². The van der Waals surface area contributed by atoms with E-state index < -0.39 is 0 Å². The molecule has 0 saturated carbocycles. The number of carbonyl (C=O) groups excluding carboxylic acids is 1. The lowest BCUT2D eigenvalue weighted by atomic mass is 9.99. The highest BCUT2D eigenvalue weighted by Crippen LogP contribution is 2.29. The number of aromatic nitrogens is 2. The summed E-state index contributed by atoms with van der Waals surface area (Å²) in [5.74, 6) is 0.758. The van der Waals surface area contributed by atoms with Gasteiger partial charge in [-0.2, -0.15) is 0 Å². The van der Waals surface area contributed by atoms with E-state index in [1.54, 1.807) is 18.3 Å². The first-order chi connectivity index (χ1) is 13.1. The maximum Gasteiger partial charge on any atom is 0.233 e. The Labute approximate surface area is 167 Å². The summed E-state index contributed by atoms with van der Waals surface area (Å²) in [5, 5.41) is 6.35. The van der Waals surface area contributed by atoms with Crippen molar-refractivity contribution < 1.29 is 4.79 Å². The molecule has 0 saturated heterocycles. The normalized spacial score (nSPS) is 13.3. The van der Waals surface area contributed by atoms with E-state index in [0.29, 0.717) is 22.4 Å². The third-order valence-electron chi connectivity index (χ3n) is 4.50. The fraction of sp³-hybridized carbons (Fsp3) is 0.250. The first kappa shape index (κ1) is 17.9. The number of thiazole rings is 1. The van der Waals surface area contributed by atoms with Gasteiger partial charge in [-0.05, 0) is 43.5 Å². The van der Waals surface area contributed by atoms with E-state index >= 15 is 0 Å². The van der Waals surface area contributed by atoms with Gasteiger partial charge in [0.2, 0.25) is 5.91 Å². The second-order valence-electron chi connectivity index (χ2n) is 6.59. The Balaban J connectivity index is 1.45. The van der Waals surface area contributed by atoms with Crippen LogP contribution in [-0.2, 0) is 17.6 Å². The molecule has 3 aromatic rings. The number of hydrogen-bond acceptors (Lipinski definition) is 5. The molecule has 138 valence electrons. The third kappa shape index (κ3) is 4.12. The number of aryl methyl sites for hydroxylation is 2. The molecule has 0 bridgehead atoms. The quantitative estimate of drug-likeness (QED) is 0.688. The zero-order valence-corrected chi connectivity index (χ0v) is 16.5. The van der Waals surface area contributed by atoms with E-state index in [0.717, 1.165) is 30.8 Å². The lowest BCUT2D eigenvalue weighted by Gasteiger charge is -2.29. The monoisotopic (exact) mass is 398 g/mol. The highest BCUT2D eigenvalue weighted by atomic mass is 35.5. The number of pyridine rings is 1. The highest BCUT2D eigenvalue weighted by Gasteiger charge is 2.23. The van der Waals surface area contributed by atoms with Crippen LogP contribution in [0.25, 0.3) is 0 Å². The molecule has 1 aliphatic heterocycles. The van der Waals surface area contributed by atoms with Crippen LogP contribution in [0.4, 0.5) is 16.6 Å². The zero-order valence-electron chi connectivity index (χ0n) is 14.9. The lowest BCUT2D eigenvalue weighted by molar-refractivity contribution is -0.118. The van der Waals surface area contributed by atoms with Crippen LogP contribution in [-0.4, -0.2) is 22.4 Å². The van der Waals surface area contributed by atoms with E-state index in [9.17, 15) is 4.79 Å². The maximum absolute atomic E-state index is 12.9. The van der Waals surface area contributed by atoms with Gasteiger partial charge in [-0.15, -0.1) is 11.3 Å². The number of fused-ring (bicyclic) bond motifs is 1. The summed E-state index contributed by atoms with van der Waals surface area (Å²) >= 11 is 7.31. The topological polar surface area (TPSA) is 58.1 Å². The van der Waals surface area contributed by atoms with Crippen LogP contribution in [0.1, 0.15) is 23.2 Å². The minimum atomic E-state index is 0.0845. The Morgan fingerprint density at radius 1 is 1.33 bits per heavy atom. The molecular formula is C20H19ClN4OS. The fourth-order valence-electron chi connectivity index (χ4n) is 3.24. The van der Waals surface area contributed by atoms with Gasteiger partial charge in [0.25, 0.3) is 0 Å². The van der Waals surface area contributed by atoms with E-state index in [-0.39, 0.29) is 5.91 Å². The Hall–Kier alpha value is -2.44. The minimum Gasteiger partial charge on any atom is -0.316 e. The number of amides is 1. The summed E-state index contributed by atoms with van der Waals surface area (Å²) in [5.41, 5.74) is 4.29. The average Bonchev–Trinajstić information content (AvgIpc) is 3.09. The highest BCUT2D eigenvalue weighted by molar-refractivity contribution is 7.13. The van der Waals surface area contributed by atoms with Gasteiger partial charge in [0, 0.05) is 23.8 Å². The Morgan fingerprint density at radius 3 is 3.04 bits per heavy atom. The number of hydrogen-bond donors (Lipinski definition) is 1. The van der Waals surface area contributed by atoms with Crippen LogP contribution in [0, 0.1) is 6.92 Å². The summed E-state index contributed by atoms with van der Waals surface area (Å²) in [6.07, 6.45) is 3.89. The molecule has 1 N–H and O–H groups in total. The molecule has 0 radical (unpaired) electrons. The van der Waals surface area contributed by atoms with Gasteiger partial charge in [-0.3, -0.25) is 4.79 Å². The Kier molecular flexibility index (Phi) is 5.09.